The number of hydrogen-bond acceptors (Lipinski definition) is 8. The summed E-state index contributed by atoms with van der Waals surface area (Å²) in [5.74, 6) is 5.30. The van der Waals surface area contributed by atoms with Gasteiger partial charge in [-0.1, -0.05) is 24.3 Å². The summed E-state index contributed by atoms with van der Waals surface area (Å²) in [6.07, 6.45) is 4.14. The third-order valence-electron chi connectivity index (χ3n) is 4.78. The molecule has 4 rings (SSSR count). The average Bonchev–Trinajstić information content (AvgIpc) is 3.26. The van der Waals surface area contributed by atoms with E-state index in [0.29, 0.717) is 26.4 Å². The van der Waals surface area contributed by atoms with E-state index in [4.69, 9.17) is 18.9 Å². The minimum atomic E-state index is 0.629. The number of fused-ring (bicyclic) bond motifs is 2. The maximum atomic E-state index is 6.11. The topological polar surface area (TPSA) is 49.8 Å². The predicted octanol–water partition coefficient (Wildman–Crippen LogP) is 5.74. The van der Waals surface area contributed by atoms with Gasteiger partial charge in [0.05, 0.1) is 49.9 Å². The molecule has 1 aliphatic rings. The SMILES string of the molecule is C(=C\c1nc2ccccc2s1)/c1ccc2c(c1)OCCSCCOCCOCCSCCO2. The van der Waals surface area contributed by atoms with E-state index >= 15 is 0 Å². The van der Waals surface area contributed by atoms with Gasteiger partial charge in [-0.25, -0.2) is 4.98 Å². The van der Waals surface area contributed by atoms with Crippen molar-refractivity contribution < 1.29 is 18.9 Å². The van der Waals surface area contributed by atoms with Crippen molar-refractivity contribution in [2.24, 2.45) is 0 Å². The van der Waals surface area contributed by atoms with Crippen LogP contribution in [0.5, 0.6) is 11.5 Å². The fraction of sp³-hybridized carbons (Fsp3) is 0.400. The second kappa shape index (κ2) is 13.9. The number of para-hydroxylation sites is 1. The minimum absolute atomic E-state index is 0.629. The molecular weight excluding hydrogens is 474 g/mol. The first-order valence-corrected chi connectivity index (χ1v) is 14.3. The van der Waals surface area contributed by atoms with Gasteiger partial charge in [0.15, 0.2) is 11.5 Å². The summed E-state index contributed by atoms with van der Waals surface area (Å²) in [6, 6.07) is 14.3. The van der Waals surface area contributed by atoms with Crippen LogP contribution in [0, 0.1) is 0 Å². The smallest absolute Gasteiger partial charge is 0.161 e. The van der Waals surface area contributed by atoms with Gasteiger partial charge in [0, 0.05) is 23.0 Å². The molecular formula is C25H29NO4S3. The van der Waals surface area contributed by atoms with Crippen molar-refractivity contribution in [3.05, 3.63) is 53.0 Å². The first kappa shape index (κ1) is 24.4. The molecule has 0 saturated heterocycles. The Kier molecular flexibility index (Phi) is 10.3. The summed E-state index contributed by atoms with van der Waals surface area (Å²) >= 11 is 5.35. The van der Waals surface area contributed by atoms with E-state index in [0.717, 1.165) is 63.8 Å². The van der Waals surface area contributed by atoms with Crippen LogP contribution in [0.25, 0.3) is 22.4 Å². The van der Waals surface area contributed by atoms with E-state index in [-0.39, 0.29) is 0 Å². The van der Waals surface area contributed by atoms with Gasteiger partial charge in [0.2, 0.25) is 0 Å². The normalized spacial score (nSPS) is 17.6. The molecule has 2 heterocycles. The molecule has 0 aliphatic carbocycles. The molecule has 0 atom stereocenters. The van der Waals surface area contributed by atoms with Crippen LogP contribution in [0.1, 0.15) is 10.6 Å². The highest BCUT2D eigenvalue weighted by atomic mass is 32.2. The van der Waals surface area contributed by atoms with Gasteiger partial charge in [0.1, 0.15) is 5.01 Å². The van der Waals surface area contributed by atoms with Crippen LogP contribution in [0.4, 0.5) is 0 Å². The van der Waals surface area contributed by atoms with Crippen molar-refractivity contribution in [2.75, 3.05) is 62.7 Å². The molecule has 5 nitrogen and oxygen atoms in total. The average molecular weight is 504 g/mol. The van der Waals surface area contributed by atoms with Gasteiger partial charge in [0.25, 0.3) is 0 Å². The molecule has 0 saturated carbocycles. The molecule has 0 bridgehead atoms. The van der Waals surface area contributed by atoms with Crippen LogP contribution in [-0.4, -0.2) is 67.6 Å². The number of benzene rings is 2. The third-order valence-corrected chi connectivity index (χ3v) is 7.61. The van der Waals surface area contributed by atoms with Gasteiger partial charge < -0.3 is 18.9 Å². The number of aromatic nitrogens is 1. The van der Waals surface area contributed by atoms with Crippen molar-refractivity contribution >= 4 is 57.2 Å². The predicted molar refractivity (Wildman–Crippen MR) is 142 cm³/mol. The lowest BCUT2D eigenvalue weighted by Crippen LogP contribution is -2.10. The summed E-state index contributed by atoms with van der Waals surface area (Å²) in [5.41, 5.74) is 2.10. The van der Waals surface area contributed by atoms with Crippen molar-refractivity contribution in [3.8, 4) is 11.5 Å². The zero-order chi connectivity index (χ0) is 22.6. The van der Waals surface area contributed by atoms with Crippen LogP contribution in [0.3, 0.4) is 0 Å². The van der Waals surface area contributed by atoms with Crippen LogP contribution >= 0.6 is 34.9 Å². The maximum Gasteiger partial charge on any atom is 0.161 e. The fourth-order valence-electron chi connectivity index (χ4n) is 3.17. The highest BCUT2D eigenvalue weighted by Crippen LogP contribution is 2.30. The zero-order valence-electron chi connectivity index (χ0n) is 18.6. The summed E-state index contributed by atoms with van der Waals surface area (Å²) in [6.45, 7) is 4.07. The minimum Gasteiger partial charge on any atom is -0.489 e. The monoisotopic (exact) mass is 503 g/mol. The Bertz CT molecular complexity index is 991. The third kappa shape index (κ3) is 8.22. The van der Waals surface area contributed by atoms with Crippen molar-refractivity contribution in [1.82, 2.24) is 4.98 Å². The van der Waals surface area contributed by atoms with Gasteiger partial charge >= 0.3 is 0 Å². The lowest BCUT2D eigenvalue weighted by atomic mass is 10.2. The van der Waals surface area contributed by atoms with Gasteiger partial charge in [-0.15, -0.1) is 11.3 Å². The van der Waals surface area contributed by atoms with Gasteiger partial charge in [-0.05, 0) is 35.9 Å². The summed E-state index contributed by atoms with van der Waals surface area (Å²) in [7, 11) is 0. The van der Waals surface area contributed by atoms with E-state index in [1.165, 1.54) is 4.70 Å². The molecule has 8 heteroatoms. The molecule has 3 aromatic rings. The molecule has 33 heavy (non-hydrogen) atoms. The number of nitrogens with zero attached hydrogens (tertiary/aromatic N) is 1. The molecule has 0 amide bonds. The lowest BCUT2D eigenvalue weighted by molar-refractivity contribution is 0.0605. The van der Waals surface area contributed by atoms with Gasteiger partial charge in [-0.3, -0.25) is 0 Å². The van der Waals surface area contributed by atoms with Crippen molar-refractivity contribution in [3.63, 3.8) is 0 Å². The Hall–Kier alpha value is -1.71. The highest BCUT2D eigenvalue weighted by Gasteiger charge is 2.08. The van der Waals surface area contributed by atoms with Crippen LogP contribution in [0.2, 0.25) is 0 Å². The largest absolute Gasteiger partial charge is 0.489 e. The first-order valence-electron chi connectivity index (χ1n) is 11.1. The lowest BCUT2D eigenvalue weighted by Gasteiger charge is -2.14. The van der Waals surface area contributed by atoms with E-state index in [9.17, 15) is 0 Å². The highest BCUT2D eigenvalue weighted by molar-refractivity contribution is 7.99. The summed E-state index contributed by atoms with van der Waals surface area (Å²) in [5, 5.41) is 0.992. The van der Waals surface area contributed by atoms with Crippen molar-refractivity contribution in [1.29, 1.82) is 0 Å². The number of thiazole rings is 1. The van der Waals surface area contributed by atoms with Crippen LogP contribution < -0.4 is 9.47 Å². The first-order chi connectivity index (χ1) is 16.4. The van der Waals surface area contributed by atoms with Gasteiger partial charge in [-0.2, -0.15) is 23.5 Å². The quantitative estimate of drug-likeness (QED) is 0.442. The standard InChI is InChI=1S/C25H29NO4S3/c1-2-4-24-21(3-1)26-25(33-24)8-6-20-5-7-22-23(19-20)30-14-18-32-16-12-28-10-9-27-11-15-31-17-13-29-22/h1-8,19H,9-18H2/b8-6+. The molecule has 2 aromatic carbocycles. The molecule has 0 radical (unpaired) electrons. The van der Waals surface area contributed by atoms with Crippen LogP contribution in [0.15, 0.2) is 42.5 Å². The number of hydrogen-bond donors (Lipinski definition) is 0. The summed E-state index contributed by atoms with van der Waals surface area (Å²) in [4.78, 5) is 4.68. The molecule has 1 aromatic heterocycles. The molecule has 0 fully saturated rings. The van der Waals surface area contributed by atoms with Crippen molar-refractivity contribution in [2.45, 2.75) is 0 Å². The molecule has 0 spiro atoms. The van der Waals surface area contributed by atoms with Crippen LogP contribution in [-0.2, 0) is 9.47 Å². The number of ether oxygens (including phenoxy) is 4. The fourth-order valence-corrected chi connectivity index (χ4v) is 5.32. The Morgan fingerprint density at radius 3 is 2.15 bits per heavy atom. The summed E-state index contributed by atoms with van der Waals surface area (Å²) < 4.78 is 24.6. The van der Waals surface area contributed by atoms with E-state index in [2.05, 4.69) is 29.3 Å². The Morgan fingerprint density at radius 2 is 1.39 bits per heavy atom. The Labute approximate surface area is 207 Å². The Morgan fingerprint density at radius 1 is 0.697 bits per heavy atom. The molecule has 0 unspecified atom stereocenters. The van der Waals surface area contributed by atoms with E-state index in [1.54, 1.807) is 11.3 Å². The number of rotatable bonds is 2. The zero-order valence-corrected chi connectivity index (χ0v) is 21.0. The molecule has 0 N–H and O–H groups in total. The molecule has 1 aliphatic heterocycles. The Balaban J connectivity index is 1.41. The maximum absolute atomic E-state index is 6.11. The molecule has 176 valence electrons. The van der Waals surface area contributed by atoms with E-state index in [1.807, 2.05) is 53.9 Å². The number of thioether (sulfide) groups is 2. The second-order valence-corrected chi connectivity index (χ2v) is 10.7. The van der Waals surface area contributed by atoms with E-state index < -0.39 is 0 Å². The second-order valence-electron chi connectivity index (χ2n) is 7.21.